The monoisotopic (exact) mass is 316 g/mol. The molecule has 0 aliphatic rings. The van der Waals surface area contributed by atoms with Crippen molar-refractivity contribution >= 4 is 33.0 Å². The highest BCUT2D eigenvalue weighted by molar-refractivity contribution is 7.89. The molecule has 4 nitrogen and oxygen atoms in total. The van der Waals surface area contributed by atoms with Gasteiger partial charge in [-0.05, 0) is 29.1 Å². The Morgan fingerprint density at radius 3 is 2.68 bits per heavy atom. The molecule has 0 saturated heterocycles. The summed E-state index contributed by atoms with van der Waals surface area (Å²) in [6, 6.07) is 8.30. The maximum absolute atomic E-state index is 12.1. The van der Waals surface area contributed by atoms with E-state index in [-0.39, 0.29) is 18.0 Å². The molecule has 0 unspecified atom stereocenters. The summed E-state index contributed by atoms with van der Waals surface area (Å²) < 4.78 is 26.7. The molecule has 19 heavy (non-hydrogen) atoms. The molecule has 7 heteroatoms. The fraction of sp³-hybridized carbons (Fsp3) is 0.167. The molecule has 0 radical (unpaired) electrons. The van der Waals surface area contributed by atoms with Crippen molar-refractivity contribution in [2.75, 3.05) is 0 Å². The summed E-state index contributed by atoms with van der Waals surface area (Å²) in [5.41, 5.74) is 6.21. The van der Waals surface area contributed by atoms with Crippen molar-refractivity contribution in [3.05, 3.63) is 51.2 Å². The van der Waals surface area contributed by atoms with Crippen LogP contribution in [0.4, 0.5) is 0 Å². The van der Waals surface area contributed by atoms with Crippen LogP contribution in [0.3, 0.4) is 0 Å². The summed E-state index contributed by atoms with van der Waals surface area (Å²) in [7, 11) is -3.55. The summed E-state index contributed by atoms with van der Waals surface area (Å²) in [4.78, 5) is 1.10. The van der Waals surface area contributed by atoms with Gasteiger partial charge in [-0.2, -0.15) is 0 Å². The van der Waals surface area contributed by atoms with Crippen molar-refractivity contribution in [3.63, 3.8) is 0 Å². The molecule has 0 atom stereocenters. The van der Waals surface area contributed by atoms with Crippen molar-refractivity contribution in [1.29, 1.82) is 0 Å². The summed E-state index contributed by atoms with van der Waals surface area (Å²) in [6.45, 7) is 0.554. The van der Waals surface area contributed by atoms with Gasteiger partial charge in [-0.3, -0.25) is 0 Å². The maximum Gasteiger partial charge on any atom is 0.240 e. The highest BCUT2D eigenvalue weighted by Gasteiger charge is 2.15. The second-order valence-corrected chi connectivity index (χ2v) is 7.07. The predicted octanol–water partition coefficient (Wildman–Crippen LogP) is 2.34. The molecule has 0 aliphatic heterocycles. The molecule has 0 amide bonds. The second kappa shape index (κ2) is 6.02. The predicted molar refractivity (Wildman–Crippen MR) is 77.7 cm³/mol. The van der Waals surface area contributed by atoms with Gasteiger partial charge >= 0.3 is 0 Å². The third-order valence-corrected chi connectivity index (χ3v) is 5.20. The molecule has 0 spiro atoms. The minimum absolute atomic E-state index is 0.145. The first-order valence-corrected chi connectivity index (χ1v) is 8.27. The van der Waals surface area contributed by atoms with Crippen molar-refractivity contribution in [2.24, 2.45) is 5.73 Å². The number of hydrogen-bond donors (Lipinski definition) is 2. The number of sulfonamides is 1. The molecular weight excluding hydrogens is 304 g/mol. The Morgan fingerprint density at radius 1 is 1.32 bits per heavy atom. The lowest BCUT2D eigenvalue weighted by molar-refractivity contribution is 0.582. The Bertz CT molecular complexity index is 654. The molecule has 2 aromatic rings. The average molecular weight is 317 g/mol. The highest BCUT2D eigenvalue weighted by Crippen LogP contribution is 2.20. The zero-order valence-corrected chi connectivity index (χ0v) is 12.4. The zero-order chi connectivity index (χ0) is 13.9. The number of halogens is 1. The van der Waals surface area contributed by atoms with E-state index in [1.54, 1.807) is 6.07 Å². The van der Waals surface area contributed by atoms with Gasteiger partial charge in [0.25, 0.3) is 0 Å². The molecule has 0 bridgehead atoms. The minimum atomic E-state index is -3.55. The van der Waals surface area contributed by atoms with E-state index in [9.17, 15) is 8.42 Å². The van der Waals surface area contributed by atoms with Gasteiger partial charge in [-0.15, -0.1) is 11.3 Å². The van der Waals surface area contributed by atoms with Gasteiger partial charge < -0.3 is 5.73 Å². The van der Waals surface area contributed by atoms with E-state index in [1.165, 1.54) is 23.5 Å². The van der Waals surface area contributed by atoms with Crippen LogP contribution in [0.1, 0.15) is 10.4 Å². The third kappa shape index (κ3) is 3.55. The van der Waals surface area contributed by atoms with Gasteiger partial charge in [-0.1, -0.05) is 23.7 Å². The first kappa shape index (κ1) is 14.5. The SMILES string of the molecule is NCc1ccc(S(=O)(=O)NCc2cccs2)cc1Cl. The minimum Gasteiger partial charge on any atom is -0.326 e. The van der Waals surface area contributed by atoms with Crippen molar-refractivity contribution < 1.29 is 8.42 Å². The van der Waals surface area contributed by atoms with E-state index in [4.69, 9.17) is 17.3 Å². The standard InChI is InChI=1S/C12H13ClN2O2S2/c13-12-6-11(4-3-9(12)7-14)19(16,17)15-8-10-2-1-5-18-10/h1-6,15H,7-8,14H2. The second-order valence-electron chi connectivity index (χ2n) is 3.86. The molecule has 0 saturated carbocycles. The van der Waals surface area contributed by atoms with Crippen molar-refractivity contribution in [1.82, 2.24) is 4.72 Å². The van der Waals surface area contributed by atoms with Crippen molar-refractivity contribution in [3.8, 4) is 0 Å². The molecular formula is C12H13ClN2O2S2. The fourth-order valence-corrected chi connectivity index (χ4v) is 3.61. The van der Waals surface area contributed by atoms with Crippen LogP contribution in [0.2, 0.25) is 5.02 Å². The van der Waals surface area contributed by atoms with Gasteiger partial charge in [0.2, 0.25) is 10.0 Å². The Balaban J connectivity index is 2.17. The van der Waals surface area contributed by atoms with E-state index in [0.29, 0.717) is 5.02 Å². The Morgan fingerprint density at radius 2 is 2.11 bits per heavy atom. The van der Waals surface area contributed by atoms with Crippen LogP contribution >= 0.6 is 22.9 Å². The molecule has 2 rings (SSSR count). The Labute approximate surface area is 121 Å². The Hall–Kier alpha value is -0.920. The van der Waals surface area contributed by atoms with Crippen LogP contribution in [-0.4, -0.2) is 8.42 Å². The lowest BCUT2D eigenvalue weighted by Gasteiger charge is -2.08. The summed E-state index contributed by atoms with van der Waals surface area (Å²) >= 11 is 7.46. The van der Waals surface area contributed by atoms with E-state index >= 15 is 0 Å². The highest BCUT2D eigenvalue weighted by atomic mass is 35.5. The molecule has 102 valence electrons. The smallest absolute Gasteiger partial charge is 0.240 e. The third-order valence-electron chi connectivity index (χ3n) is 2.57. The molecule has 1 aromatic carbocycles. The topological polar surface area (TPSA) is 72.2 Å². The van der Waals surface area contributed by atoms with Gasteiger partial charge in [0, 0.05) is 23.0 Å². The van der Waals surface area contributed by atoms with Crippen LogP contribution < -0.4 is 10.5 Å². The van der Waals surface area contributed by atoms with Crippen LogP contribution in [0.5, 0.6) is 0 Å². The first-order chi connectivity index (χ1) is 9.03. The van der Waals surface area contributed by atoms with E-state index in [0.717, 1.165) is 10.4 Å². The number of rotatable bonds is 5. The zero-order valence-electron chi connectivity index (χ0n) is 9.97. The number of nitrogens with one attached hydrogen (secondary N) is 1. The lowest BCUT2D eigenvalue weighted by Crippen LogP contribution is -2.22. The quantitative estimate of drug-likeness (QED) is 0.889. The molecule has 0 fully saturated rings. The van der Waals surface area contributed by atoms with Crippen molar-refractivity contribution in [2.45, 2.75) is 18.0 Å². The largest absolute Gasteiger partial charge is 0.326 e. The van der Waals surface area contributed by atoms with Crippen LogP contribution in [0.15, 0.2) is 40.6 Å². The maximum atomic E-state index is 12.1. The Kier molecular flexibility index (Phi) is 4.59. The van der Waals surface area contributed by atoms with Gasteiger partial charge in [-0.25, -0.2) is 13.1 Å². The molecule has 1 aromatic heterocycles. The number of hydrogen-bond acceptors (Lipinski definition) is 4. The lowest BCUT2D eigenvalue weighted by atomic mass is 10.2. The summed E-state index contributed by atoms with van der Waals surface area (Å²) in [5, 5.41) is 2.26. The normalized spacial score (nSPS) is 11.7. The van der Waals surface area contributed by atoms with Gasteiger partial charge in [0.05, 0.1) is 4.90 Å². The van der Waals surface area contributed by atoms with Crippen LogP contribution in [0.25, 0.3) is 0 Å². The van der Waals surface area contributed by atoms with Gasteiger partial charge in [0.15, 0.2) is 0 Å². The number of thiophene rings is 1. The molecule has 0 aliphatic carbocycles. The van der Waals surface area contributed by atoms with Crippen LogP contribution in [-0.2, 0) is 23.1 Å². The van der Waals surface area contributed by atoms with E-state index in [2.05, 4.69) is 4.72 Å². The number of benzene rings is 1. The molecule has 3 N–H and O–H groups in total. The van der Waals surface area contributed by atoms with Crippen LogP contribution in [0, 0.1) is 0 Å². The average Bonchev–Trinajstić information content (AvgIpc) is 2.89. The fourth-order valence-electron chi connectivity index (χ4n) is 1.52. The number of nitrogens with two attached hydrogens (primary N) is 1. The first-order valence-electron chi connectivity index (χ1n) is 5.53. The van der Waals surface area contributed by atoms with E-state index < -0.39 is 10.0 Å². The van der Waals surface area contributed by atoms with E-state index in [1.807, 2.05) is 17.5 Å². The summed E-state index contributed by atoms with van der Waals surface area (Å²) in [5.74, 6) is 0. The summed E-state index contributed by atoms with van der Waals surface area (Å²) in [6.07, 6.45) is 0. The molecule has 1 heterocycles. The van der Waals surface area contributed by atoms with Gasteiger partial charge in [0.1, 0.15) is 0 Å².